The van der Waals surface area contributed by atoms with Crippen LogP contribution in [0.15, 0.2) is 0 Å². The molecule has 0 fully saturated rings. The van der Waals surface area contributed by atoms with E-state index in [9.17, 15) is 39.5 Å². The molecule has 0 heterocycles. The third-order valence-corrected chi connectivity index (χ3v) is 4.66. The van der Waals surface area contributed by atoms with Crippen molar-refractivity contribution in [3.8, 4) is 0 Å². The van der Waals surface area contributed by atoms with Crippen LogP contribution in [0.2, 0.25) is 0 Å². The monoisotopic (exact) mass is 398 g/mol. The Morgan fingerprint density at radius 2 is 0.762 bits per heavy atom. The predicted molar refractivity (Wildman–Crippen MR) is 54.6 cm³/mol. The molecule has 0 aliphatic carbocycles. The van der Waals surface area contributed by atoms with Crippen LogP contribution in [0.5, 0.6) is 0 Å². The molecule has 0 N–H and O–H groups in total. The molecule has 0 rings (SSSR count). The van der Waals surface area contributed by atoms with Crippen LogP contribution in [0.25, 0.3) is 0 Å². The third kappa shape index (κ3) is 11.5. The number of alkyl halides is 9. The first-order valence-electron chi connectivity index (χ1n) is 4.51. The van der Waals surface area contributed by atoms with Gasteiger partial charge in [0, 0.05) is 0 Å². The Labute approximate surface area is 121 Å². The van der Waals surface area contributed by atoms with E-state index in [-0.39, 0.29) is 0 Å². The second-order valence-corrected chi connectivity index (χ2v) is 9.56. The summed E-state index contributed by atoms with van der Waals surface area (Å²) in [5, 5.41) is 0. The van der Waals surface area contributed by atoms with Crippen LogP contribution in [0.3, 0.4) is 0 Å². The molecule has 0 atom stereocenters. The zero-order valence-electron chi connectivity index (χ0n) is 9.45. The maximum atomic E-state index is 11.9. The molecule has 0 saturated carbocycles. The average Bonchev–Trinajstić information content (AvgIpc) is 2.20. The Hall–Kier alpha value is 0.260. The molecule has 0 unspecified atom stereocenters. The molecular weight excluding hydrogens is 393 g/mol. The summed E-state index contributed by atoms with van der Waals surface area (Å²) in [7, 11) is 0. The van der Waals surface area contributed by atoms with Crippen LogP contribution in [-0.4, -0.2) is 38.3 Å². The molecule has 0 bridgehead atoms. The molecular formula is C6H6Cl2F9O3P. The van der Waals surface area contributed by atoms with Crippen LogP contribution >= 0.6 is 28.5 Å². The molecule has 21 heavy (non-hydrogen) atoms. The predicted octanol–water partition coefficient (Wildman–Crippen LogP) is 5.33. The molecule has 15 heteroatoms. The van der Waals surface area contributed by atoms with Crippen LogP contribution in [0, 0.1) is 0 Å². The van der Waals surface area contributed by atoms with E-state index in [0.717, 1.165) is 0 Å². The molecule has 3 nitrogen and oxygen atoms in total. The van der Waals surface area contributed by atoms with Gasteiger partial charge in [-0.25, -0.2) is 0 Å². The fourth-order valence-corrected chi connectivity index (χ4v) is 2.79. The van der Waals surface area contributed by atoms with Crippen molar-refractivity contribution in [2.45, 2.75) is 18.5 Å². The minimum absolute atomic E-state index is 2.37. The van der Waals surface area contributed by atoms with Crippen molar-refractivity contribution in [2.75, 3.05) is 19.8 Å². The van der Waals surface area contributed by atoms with Crippen molar-refractivity contribution in [2.24, 2.45) is 0 Å². The molecule has 0 aromatic rings. The molecule has 0 aliphatic rings. The molecule has 0 spiro atoms. The first-order valence-corrected chi connectivity index (χ1v) is 8.31. The van der Waals surface area contributed by atoms with Crippen LogP contribution in [-0.2, 0) is 13.6 Å². The fourth-order valence-electron chi connectivity index (χ4n) is 0.636. The summed E-state index contributed by atoms with van der Waals surface area (Å²) in [4.78, 5) is 0. The van der Waals surface area contributed by atoms with Gasteiger partial charge in [-0.05, 0) is 0 Å². The van der Waals surface area contributed by atoms with Crippen LogP contribution in [0.4, 0.5) is 39.5 Å². The van der Waals surface area contributed by atoms with Crippen molar-refractivity contribution in [1.82, 2.24) is 0 Å². The van der Waals surface area contributed by atoms with E-state index >= 15 is 0 Å². The minimum atomic E-state index is -6.28. The normalized spacial score (nSPS) is 16.6. The topological polar surface area (TPSA) is 27.7 Å². The van der Waals surface area contributed by atoms with Gasteiger partial charge in [-0.2, -0.15) is 0 Å². The van der Waals surface area contributed by atoms with Crippen molar-refractivity contribution in [3.05, 3.63) is 0 Å². The van der Waals surface area contributed by atoms with E-state index in [0.29, 0.717) is 0 Å². The molecule has 0 radical (unpaired) electrons. The van der Waals surface area contributed by atoms with Crippen molar-refractivity contribution in [1.29, 1.82) is 0 Å². The first kappa shape index (κ1) is 21.3. The summed E-state index contributed by atoms with van der Waals surface area (Å²) in [6.45, 7) is -7.10. The van der Waals surface area contributed by atoms with E-state index in [1.165, 1.54) is 0 Å². The number of halogens is 11. The Morgan fingerprint density at radius 3 is 0.905 bits per heavy atom. The van der Waals surface area contributed by atoms with Crippen LogP contribution < -0.4 is 0 Å². The first-order chi connectivity index (χ1) is 8.90. The fraction of sp³-hybridized carbons (Fsp3) is 1.00. The summed E-state index contributed by atoms with van der Waals surface area (Å²) in [5.74, 6) is -6.28. The van der Waals surface area contributed by atoms with Gasteiger partial charge < -0.3 is 0 Å². The molecule has 0 aromatic heterocycles. The molecule has 0 saturated heterocycles. The van der Waals surface area contributed by atoms with Crippen molar-refractivity contribution in [3.63, 3.8) is 0 Å². The van der Waals surface area contributed by atoms with E-state index in [1.807, 2.05) is 0 Å². The zero-order valence-corrected chi connectivity index (χ0v) is 11.9. The van der Waals surface area contributed by atoms with E-state index in [4.69, 9.17) is 22.5 Å². The van der Waals surface area contributed by atoms with Gasteiger partial charge in [0.1, 0.15) is 0 Å². The van der Waals surface area contributed by atoms with E-state index < -0.39 is 44.3 Å². The maximum absolute atomic E-state index is 11.9. The molecule has 0 amide bonds. The van der Waals surface area contributed by atoms with Crippen molar-refractivity contribution < 1.29 is 53.1 Å². The summed E-state index contributed by atoms with van der Waals surface area (Å²) in [6, 6.07) is 0. The van der Waals surface area contributed by atoms with E-state index in [2.05, 4.69) is 13.6 Å². The molecule has 0 aromatic carbocycles. The quantitative estimate of drug-likeness (QED) is 0.447. The molecule has 0 aliphatic heterocycles. The van der Waals surface area contributed by atoms with E-state index in [1.54, 1.807) is 0 Å². The SMILES string of the molecule is FC(F)(F)COP(Cl)(Cl)(OCC(F)(F)F)OCC(F)(F)F. The second-order valence-electron chi connectivity index (χ2n) is 3.37. The Bertz CT molecular complexity index is 301. The summed E-state index contributed by atoms with van der Waals surface area (Å²) in [5.41, 5.74) is 0. The molecule has 130 valence electrons. The second kappa shape index (κ2) is 6.40. The van der Waals surface area contributed by atoms with Gasteiger partial charge in [-0.15, -0.1) is 0 Å². The Kier molecular flexibility index (Phi) is 6.48. The standard InChI is InChI=1S/C6H6Cl2F9O3P/c7-21(8,18-1-4(9,10)11,19-2-5(12,13)14)20-3-6(15,16)17/h1-3H2. The van der Waals surface area contributed by atoms with Gasteiger partial charge in [0.2, 0.25) is 0 Å². The average molecular weight is 399 g/mol. The van der Waals surface area contributed by atoms with Gasteiger partial charge in [0.25, 0.3) is 0 Å². The summed E-state index contributed by atoms with van der Waals surface area (Å²) >= 11 is 10.1. The summed E-state index contributed by atoms with van der Waals surface area (Å²) < 4.78 is 118. The van der Waals surface area contributed by atoms with Gasteiger partial charge in [-0.1, -0.05) is 0 Å². The third-order valence-electron chi connectivity index (χ3n) is 1.29. The van der Waals surface area contributed by atoms with Gasteiger partial charge >= 0.3 is 120 Å². The zero-order chi connectivity index (χ0) is 17.2. The van der Waals surface area contributed by atoms with Crippen molar-refractivity contribution >= 4 is 28.5 Å². The van der Waals surface area contributed by atoms with Gasteiger partial charge in [0.05, 0.1) is 0 Å². The van der Waals surface area contributed by atoms with Gasteiger partial charge in [-0.3, -0.25) is 0 Å². The Morgan fingerprint density at radius 1 is 0.571 bits per heavy atom. The number of rotatable bonds is 6. The van der Waals surface area contributed by atoms with Crippen LogP contribution in [0.1, 0.15) is 0 Å². The summed E-state index contributed by atoms with van der Waals surface area (Å²) in [6.07, 6.45) is -15.4. The Balaban J connectivity index is 5.03. The number of hydrogen-bond acceptors (Lipinski definition) is 3. The number of hydrogen-bond donors (Lipinski definition) is 0. The van der Waals surface area contributed by atoms with Gasteiger partial charge in [0.15, 0.2) is 0 Å².